The van der Waals surface area contributed by atoms with Gasteiger partial charge in [0.2, 0.25) is 5.91 Å². The van der Waals surface area contributed by atoms with Gasteiger partial charge in [-0.25, -0.2) is 9.97 Å². The van der Waals surface area contributed by atoms with Crippen LogP contribution in [0.3, 0.4) is 0 Å². The highest BCUT2D eigenvalue weighted by Crippen LogP contribution is 2.44. The lowest BCUT2D eigenvalue weighted by Gasteiger charge is -2.26. The van der Waals surface area contributed by atoms with Gasteiger partial charge in [0.05, 0.1) is 5.75 Å². The van der Waals surface area contributed by atoms with Gasteiger partial charge in [0, 0.05) is 29.3 Å². The van der Waals surface area contributed by atoms with Crippen molar-refractivity contribution in [1.82, 2.24) is 14.9 Å². The number of aromatic nitrogens is 2. The number of carbonyl (C=O) groups is 1. The fourth-order valence-electron chi connectivity index (χ4n) is 4.32. The first kappa shape index (κ1) is 17.9. The molecule has 4 nitrogen and oxygen atoms in total. The Morgan fingerprint density at radius 1 is 1.19 bits per heavy atom. The van der Waals surface area contributed by atoms with E-state index >= 15 is 0 Å². The third kappa shape index (κ3) is 3.63. The summed E-state index contributed by atoms with van der Waals surface area (Å²) < 4.78 is 0. The Bertz CT molecular complexity index is 868. The number of amides is 1. The van der Waals surface area contributed by atoms with Crippen molar-refractivity contribution < 1.29 is 4.79 Å². The van der Waals surface area contributed by atoms with E-state index in [-0.39, 0.29) is 5.91 Å². The fraction of sp³-hybridized carbons (Fsp3) is 0.667. The van der Waals surface area contributed by atoms with E-state index in [9.17, 15) is 4.79 Å². The minimum atomic E-state index is 0.275. The molecule has 1 atom stereocenters. The minimum absolute atomic E-state index is 0.275. The van der Waals surface area contributed by atoms with Crippen molar-refractivity contribution in [1.29, 1.82) is 0 Å². The van der Waals surface area contributed by atoms with E-state index in [1.807, 2.05) is 16.2 Å². The molecule has 1 amide bonds. The van der Waals surface area contributed by atoms with Gasteiger partial charge < -0.3 is 4.90 Å². The van der Waals surface area contributed by atoms with Crippen molar-refractivity contribution in [3.63, 3.8) is 0 Å². The zero-order valence-corrected chi connectivity index (χ0v) is 17.6. The van der Waals surface area contributed by atoms with Gasteiger partial charge in [0.1, 0.15) is 15.7 Å². The molecule has 2 fully saturated rings. The lowest BCUT2D eigenvalue weighted by Crippen LogP contribution is -2.36. The molecule has 3 heterocycles. The Hall–Kier alpha value is -1.14. The first-order valence-electron chi connectivity index (χ1n) is 10.4. The number of carbonyl (C=O) groups excluding carboxylic acids is 1. The Morgan fingerprint density at radius 3 is 2.78 bits per heavy atom. The van der Waals surface area contributed by atoms with E-state index in [1.165, 1.54) is 52.8 Å². The maximum Gasteiger partial charge on any atom is 0.232 e. The molecule has 0 aromatic carbocycles. The molecular weight excluding hydrogens is 374 g/mol. The average molecular weight is 402 g/mol. The number of thioether (sulfide) groups is 1. The van der Waals surface area contributed by atoms with Crippen molar-refractivity contribution in [3.8, 4) is 0 Å². The molecule has 6 heteroatoms. The molecule has 144 valence electrons. The lowest BCUT2D eigenvalue weighted by molar-refractivity contribution is -0.129. The number of fused-ring (bicyclic) bond motifs is 3. The first-order chi connectivity index (χ1) is 13.2. The van der Waals surface area contributed by atoms with Crippen LogP contribution < -0.4 is 0 Å². The first-order valence-corrected chi connectivity index (χ1v) is 12.2. The summed E-state index contributed by atoms with van der Waals surface area (Å²) in [6.07, 6.45) is 9.54. The summed E-state index contributed by atoms with van der Waals surface area (Å²) in [4.78, 5) is 27.3. The van der Waals surface area contributed by atoms with Gasteiger partial charge in [-0.1, -0.05) is 18.7 Å². The third-order valence-corrected chi connectivity index (χ3v) is 8.23. The summed E-state index contributed by atoms with van der Waals surface area (Å²) in [6, 6.07) is 0. The summed E-state index contributed by atoms with van der Waals surface area (Å²) in [6.45, 7) is 4.21. The molecule has 1 saturated heterocycles. The second-order valence-corrected chi connectivity index (χ2v) is 10.5. The van der Waals surface area contributed by atoms with Gasteiger partial charge in [0.25, 0.3) is 0 Å². The van der Waals surface area contributed by atoms with Gasteiger partial charge in [-0.3, -0.25) is 4.79 Å². The molecule has 2 aliphatic carbocycles. The topological polar surface area (TPSA) is 46.1 Å². The van der Waals surface area contributed by atoms with Crippen LogP contribution in [0.1, 0.15) is 67.6 Å². The normalized spacial score (nSPS) is 22.9. The molecule has 2 aromatic heterocycles. The third-order valence-electron chi connectivity index (χ3n) is 6.12. The van der Waals surface area contributed by atoms with Gasteiger partial charge in [-0.15, -0.1) is 11.3 Å². The van der Waals surface area contributed by atoms with Crippen LogP contribution >= 0.6 is 23.1 Å². The minimum Gasteiger partial charge on any atom is -0.342 e. The maximum absolute atomic E-state index is 12.7. The molecule has 27 heavy (non-hydrogen) atoms. The summed E-state index contributed by atoms with van der Waals surface area (Å²) in [5.74, 6) is 3.11. The van der Waals surface area contributed by atoms with Crippen LogP contribution in [0, 0.1) is 5.92 Å². The number of rotatable bonds is 4. The average Bonchev–Trinajstić information content (AvgIpc) is 3.47. The number of piperidine rings is 1. The van der Waals surface area contributed by atoms with E-state index in [0.29, 0.717) is 11.7 Å². The van der Waals surface area contributed by atoms with Crippen LogP contribution in [0.25, 0.3) is 10.2 Å². The Kier molecular flexibility index (Phi) is 4.88. The van der Waals surface area contributed by atoms with Crippen molar-refractivity contribution >= 4 is 39.2 Å². The van der Waals surface area contributed by atoms with Crippen molar-refractivity contribution in [3.05, 3.63) is 16.3 Å². The zero-order chi connectivity index (χ0) is 18.4. The predicted octanol–water partition coefficient (Wildman–Crippen LogP) is 4.80. The highest BCUT2D eigenvalue weighted by Gasteiger charge is 2.30. The molecule has 1 saturated carbocycles. The molecule has 0 bridgehead atoms. The zero-order valence-electron chi connectivity index (χ0n) is 16.0. The van der Waals surface area contributed by atoms with Crippen molar-refractivity contribution in [2.75, 3.05) is 18.8 Å². The van der Waals surface area contributed by atoms with Gasteiger partial charge in [-0.2, -0.15) is 0 Å². The molecule has 0 spiro atoms. The highest BCUT2D eigenvalue weighted by molar-refractivity contribution is 8.00. The van der Waals surface area contributed by atoms with E-state index in [4.69, 9.17) is 9.97 Å². The quantitative estimate of drug-likeness (QED) is 0.545. The van der Waals surface area contributed by atoms with Crippen LogP contribution in [0.5, 0.6) is 0 Å². The second-order valence-electron chi connectivity index (χ2n) is 8.42. The molecule has 0 N–H and O–H groups in total. The Morgan fingerprint density at radius 2 is 2.00 bits per heavy atom. The monoisotopic (exact) mass is 401 g/mol. The van der Waals surface area contributed by atoms with Gasteiger partial charge in [0.15, 0.2) is 0 Å². The number of thiophene rings is 1. The largest absolute Gasteiger partial charge is 0.342 e. The number of nitrogens with zero attached hydrogens (tertiary/aromatic N) is 3. The van der Waals surface area contributed by atoms with E-state index in [2.05, 4.69) is 6.92 Å². The molecule has 1 aliphatic heterocycles. The second kappa shape index (κ2) is 7.36. The SMILES string of the molecule is C[C@H]1CCc2c(sc3nc(C4CC4)nc(SCC(=O)N4CCCCC4)c23)C1. The summed E-state index contributed by atoms with van der Waals surface area (Å²) >= 11 is 3.53. The van der Waals surface area contributed by atoms with Crippen LogP contribution in [-0.4, -0.2) is 39.6 Å². The predicted molar refractivity (Wildman–Crippen MR) is 112 cm³/mol. The standard InChI is InChI=1S/C21H27N3OS2/c1-13-5-8-15-16(11-13)27-21-18(15)20(22-19(23-21)14-6-7-14)26-12-17(25)24-9-3-2-4-10-24/h13-14H,2-12H2,1H3/t13-/m0/s1. The van der Waals surface area contributed by atoms with Gasteiger partial charge >= 0.3 is 0 Å². The molecule has 0 radical (unpaired) electrons. The number of hydrogen-bond acceptors (Lipinski definition) is 5. The Balaban J connectivity index is 1.45. The van der Waals surface area contributed by atoms with Gasteiger partial charge in [-0.05, 0) is 62.8 Å². The molecule has 5 rings (SSSR count). The van der Waals surface area contributed by atoms with Crippen LogP contribution in [0.15, 0.2) is 5.03 Å². The maximum atomic E-state index is 12.7. The fourth-order valence-corrected chi connectivity index (χ4v) is 6.74. The summed E-state index contributed by atoms with van der Waals surface area (Å²) in [5, 5.41) is 2.34. The number of likely N-dealkylation sites (tertiary alicyclic amines) is 1. The van der Waals surface area contributed by atoms with E-state index in [0.717, 1.165) is 49.1 Å². The van der Waals surface area contributed by atoms with Crippen LogP contribution in [-0.2, 0) is 17.6 Å². The summed E-state index contributed by atoms with van der Waals surface area (Å²) in [7, 11) is 0. The molecular formula is C21H27N3OS2. The number of hydrogen-bond donors (Lipinski definition) is 0. The van der Waals surface area contributed by atoms with E-state index in [1.54, 1.807) is 11.8 Å². The van der Waals surface area contributed by atoms with Crippen LogP contribution in [0.4, 0.5) is 0 Å². The highest BCUT2D eigenvalue weighted by atomic mass is 32.2. The molecule has 0 unspecified atom stereocenters. The molecule has 2 aromatic rings. The lowest BCUT2D eigenvalue weighted by atomic mass is 9.89. The summed E-state index contributed by atoms with van der Waals surface area (Å²) in [5.41, 5.74) is 1.48. The smallest absolute Gasteiger partial charge is 0.232 e. The Labute approximate surface area is 169 Å². The van der Waals surface area contributed by atoms with Crippen molar-refractivity contribution in [2.24, 2.45) is 5.92 Å². The number of aryl methyl sites for hydroxylation is 1. The van der Waals surface area contributed by atoms with E-state index < -0.39 is 0 Å². The van der Waals surface area contributed by atoms with Crippen LogP contribution in [0.2, 0.25) is 0 Å². The molecule has 3 aliphatic rings. The van der Waals surface area contributed by atoms with Crippen molar-refractivity contribution in [2.45, 2.75) is 69.2 Å².